The Kier molecular flexibility index (Phi) is 6.36. The first-order valence-electron chi connectivity index (χ1n) is 6.35. The molecule has 6 nitrogen and oxygen atoms in total. The molecule has 1 rings (SSSR count). The van der Waals surface area contributed by atoms with Crippen molar-refractivity contribution in [3.63, 3.8) is 0 Å². The Hall–Kier alpha value is -1.02. The number of nitrogens with zero attached hydrogens (tertiary/aromatic N) is 2. The Bertz CT molecular complexity index is 490. The predicted octanol–water partition coefficient (Wildman–Crippen LogP) is 0.259. The second-order valence-corrected chi connectivity index (χ2v) is 6.11. The first-order valence-corrected chi connectivity index (χ1v) is 7.79. The van der Waals surface area contributed by atoms with E-state index >= 15 is 0 Å². The van der Waals surface area contributed by atoms with Crippen molar-refractivity contribution in [3.05, 3.63) is 29.6 Å². The minimum atomic E-state index is -3.47. The highest BCUT2D eigenvalue weighted by Gasteiger charge is 2.17. The van der Waals surface area contributed by atoms with Crippen molar-refractivity contribution in [1.29, 1.82) is 0 Å². The van der Waals surface area contributed by atoms with Gasteiger partial charge in [0, 0.05) is 19.8 Å². The maximum absolute atomic E-state index is 12.0. The van der Waals surface area contributed by atoms with E-state index in [0.29, 0.717) is 19.5 Å². The quantitative estimate of drug-likeness (QED) is 0.717. The van der Waals surface area contributed by atoms with E-state index in [1.165, 1.54) is 11.4 Å². The molecule has 0 radical (unpaired) electrons. The molecule has 0 bridgehead atoms. The van der Waals surface area contributed by atoms with Gasteiger partial charge in [-0.3, -0.25) is 4.98 Å². The molecule has 19 heavy (non-hydrogen) atoms. The van der Waals surface area contributed by atoms with E-state index in [-0.39, 0.29) is 6.54 Å². The zero-order valence-corrected chi connectivity index (χ0v) is 12.3. The number of nitrogens with two attached hydrogens (primary N) is 1. The summed E-state index contributed by atoms with van der Waals surface area (Å²) in [6.45, 7) is 3.11. The smallest absolute Gasteiger partial charge is 0.279 e. The molecule has 0 atom stereocenters. The second kappa shape index (κ2) is 7.54. The van der Waals surface area contributed by atoms with Crippen molar-refractivity contribution in [1.82, 2.24) is 14.0 Å². The Morgan fingerprint density at radius 2 is 2.21 bits per heavy atom. The molecule has 0 aliphatic rings. The summed E-state index contributed by atoms with van der Waals surface area (Å²) in [6.07, 6.45) is 3.13. The van der Waals surface area contributed by atoms with Gasteiger partial charge in [-0.1, -0.05) is 13.0 Å². The summed E-state index contributed by atoms with van der Waals surface area (Å²) in [5.74, 6) is 0. The Morgan fingerprint density at radius 1 is 1.47 bits per heavy atom. The van der Waals surface area contributed by atoms with E-state index in [2.05, 4.69) is 9.71 Å². The molecule has 0 spiro atoms. The van der Waals surface area contributed by atoms with Crippen LogP contribution >= 0.6 is 0 Å². The van der Waals surface area contributed by atoms with Crippen molar-refractivity contribution in [2.75, 3.05) is 20.1 Å². The van der Waals surface area contributed by atoms with Crippen LogP contribution in [0.2, 0.25) is 0 Å². The van der Waals surface area contributed by atoms with Gasteiger partial charge in [-0.2, -0.15) is 17.4 Å². The molecule has 0 aliphatic heterocycles. The van der Waals surface area contributed by atoms with Crippen LogP contribution in [0.1, 0.15) is 24.6 Å². The lowest BCUT2D eigenvalue weighted by atomic mass is 10.1. The minimum absolute atomic E-state index is 0.208. The number of hydrogen-bond acceptors (Lipinski definition) is 4. The zero-order valence-electron chi connectivity index (χ0n) is 11.5. The molecule has 0 aromatic carbocycles. The maximum Gasteiger partial charge on any atom is 0.279 e. The van der Waals surface area contributed by atoms with Crippen molar-refractivity contribution in [3.8, 4) is 0 Å². The molecule has 0 saturated heterocycles. The van der Waals surface area contributed by atoms with Crippen LogP contribution in [0.4, 0.5) is 0 Å². The Labute approximate surface area is 115 Å². The first kappa shape index (κ1) is 16.0. The Morgan fingerprint density at radius 3 is 2.84 bits per heavy atom. The molecular weight excluding hydrogens is 264 g/mol. The van der Waals surface area contributed by atoms with E-state index in [4.69, 9.17) is 5.73 Å². The molecule has 0 unspecified atom stereocenters. The average Bonchev–Trinajstić information content (AvgIpc) is 2.42. The van der Waals surface area contributed by atoms with Crippen LogP contribution in [0.5, 0.6) is 0 Å². The summed E-state index contributed by atoms with van der Waals surface area (Å²) < 4.78 is 27.7. The van der Waals surface area contributed by atoms with Gasteiger partial charge < -0.3 is 5.73 Å². The van der Waals surface area contributed by atoms with Gasteiger partial charge in [0.2, 0.25) is 0 Å². The number of aryl methyl sites for hydroxylation is 1. The molecule has 0 fully saturated rings. The fraction of sp³-hybridized carbons (Fsp3) is 0.583. The summed E-state index contributed by atoms with van der Waals surface area (Å²) in [4.78, 5) is 4.21. The fourth-order valence-corrected chi connectivity index (χ4v) is 2.57. The topological polar surface area (TPSA) is 88.3 Å². The minimum Gasteiger partial charge on any atom is -0.330 e. The normalized spacial score (nSPS) is 12.0. The number of pyridine rings is 1. The van der Waals surface area contributed by atoms with Gasteiger partial charge in [0.25, 0.3) is 10.2 Å². The summed E-state index contributed by atoms with van der Waals surface area (Å²) in [5.41, 5.74) is 7.19. The third kappa shape index (κ3) is 4.87. The molecule has 1 aromatic rings. The molecule has 0 amide bonds. The maximum atomic E-state index is 12.0. The first-order chi connectivity index (χ1) is 9.01. The summed E-state index contributed by atoms with van der Waals surface area (Å²) in [5, 5.41) is 0. The van der Waals surface area contributed by atoms with Gasteiger partial charge in [0.1, 0.15) is 0 Å². The van der Waals surface area contributed by atoms with Crippen LogP contribution in [-0.4, -0.2) is 37.8 Å². The summed E-state index contributed by atoms with van der Waals surface area (Å²) >= 11 is 0. The summed E-state index contributed by atoms with van der Waals surface area (Å²) in [7, 11) is -1.93. The lowest BCUT2D eigenvalue weighted by Crippen LogP contribution is -2.39. The van der Waals surface area contributed by atoms with Gasteiger partial charge >= 0.3 is 0 Å². The van der Waals surface area contributed by atoms with Gasteiger partial charge in [0.05, 0.1) is 12.2 Å². The zero-order chi connectivity index (χ0) is 14.3. The lowest BCUT2D eigenvalue weighted by molar-refractivity contribution is 0.452. The largest absolute Gasteiger partial charge is 0.330 e. The van der Waals surface area contributed by atoms with Gasteiger partial charge in [-0.15, -0.1) is 0 Å². The third-order valence-electron chi connectivity index (χ3n) is 2.87. The molecule has 1 heterocycles. The Balaban J connectivity index is 2.64. The highest BCUT2D eigenvalue weighted by molar-refractivity contribution is 7.87. The van der Waals surface area contributed by atoms with E-state index in [0.717, 1.165) is 17.7 Å². The van der Waals surface area contributed by atoms with Crippen LogP contribution in [0.15, 0.2) is 18.3 Å². The number of rotatable bonds is 8. The highest BCUT2D eigenvalue weighted by Crippen LogP contribution is 2.06. The fourth-order valence-electron chi connectivity index (χ4n) is 1.66. The van der Waals surface area contributed by atoms with Gasteiger partial charge in [-0.05, 0) is 31.0 Å². The van der Waals surface area contributed by atoms with Crippen molar-refractivity contribution in [2.45, 2.75) is 26.3 Å². The van der Waals surface area contributed by atoms with Gasteiger partial charge in [0.15, 0.2) is 0 Å². The monoisotopic (exact) mass is 286 g/mol. The second-order valence-electron chi connectivity index (χ2n) is 4.25. The van der Waals surface area contributed by atoms with E-state index in [9.17, 15) is 8.42 Å². The van der Waals surface area contributed by atoms with Crippen LogP contribution in [0.3, 0.4) is 0 Å². The molecule has 3 N–H and O–H groups in total. The molecule has 7 heteroatoms. The molecule has 108 valence electrons. The lowest BCUT2D eigenvalue weighted by Gasteiger charge is -2.17. The van der Waals surface area contributed by atoms with Crippen molar-refractivity contribution in [2.24, 2.45) is 5.73 Å². The standard InChI is InChI=1S/C12H22N4O2S/c1-3-11-6-4-8-14-12(11)10-15-19(17,18)16(2)9-5-7-13/h4,6,8,15H,3,5,7,9-10,13H2,1-2H3. The van der Waals surface area contributed by atoms with Crippen LogP contribution < -0.4 is 10.5 Å². The third-order valence-corrected chi connectivity index (χ3v) is 4.39. The van der Waals surface area contributed by atoms with E-state index in [1.807, 2.05) is 19.1 Å². The van der Waals surface area contributed by atoms with Crippen LogP contribution in [0.25, 0.3) is 0 Å². The van der Waals surface area contributed by atoms with Crippen LogP contribution in [0, 0.1) is 0 Å². The van der Waals surface area contributed by atoms with Crippen molar-refractivity contribution < 1.29 is 8.42 Å². The van der Waals surface area contributed by atoms with Crippen molar-refractivity contribution >= 4 is 10.2 Å². The SMILES string of the molecule is CCc1cccnc1CNS(=O)(=O)N(C)CCCN. The van der Waals surface area contributed by atoms with E-state index < -0.39 is 10.2 Å². The number of hydrogen-bond donors (Lipinski definition) is 2. The summed E-state index contributed by atoms with van der Waals surface area (Å²) in [6, 6.07) is 3.80. The molecule has 0 saturated carbocycles. The van der Waals surface area contributed by atoms with E-state index in [1.54, 1.807) is 6.20 Å². The number of aromatic nitrogens is 1. The van der Waals surface area contributed by atoms with Crippen LogP contribution in [-0.2, 0) is 23.2 Å². The number of nitrogens with one attached hydrogen (secondary N) is 1. The highest BCUT2D eigenvalue weighted by atomic mass is 32.2. The van der Waals surface area contributed by atoms with Gasteiger partial charge in [-0.25, -0.2) is 0 Å². The molecular formula is C12H22N4O2S. The predicted molar refractivity (Wildman–Crippen MR) is 75.7 cm³/mol. The average molecular weight is 286 g/mol. The molecule has 1 aromatic heterocycles. The molecule has 0 aliphatic carbocycles.